The van der Waals surface area contributed by atoms with Crippen LogP contribution < -0.4 is 0 Å². The average molecular weight is 275 g/mol. The van der Waals surface area contributed by atoms with Crippen molar-refractivity contribution in [2.45, 2.75) is 83.5 Å². The third-order valence-electron chi connectivity index (χ3n) is 3.85. The molecule has 112 valence electrons. The van der Waals surface area contributed by atoms with Crippen LogP contribution >= 0.6 is 0 Å². The number of nitriles is 1. The summed E-state index contributed by atoms with van der Waals surface area (Å²) in [5, 5.41) is 9.13. The number of aromatic nitrogens is 2. The zero-order valence-electron chi connectivity index (χ0n) is 12.9. The van der Waals surface area contributed by atoms with Gasteiger partial charge < -0.3 is 4.98 Å². The summed E-state index contributed by atoms with van der Waals surface area (Å²) in [6.07, 6.45) is 17.8. The van der Waals surface area contributed by atoms with E-state index in [9.17, 15) is 0 Å². The second-order valence-electron chi connectivity index (χ2n) is 5.63. The van der Waals surface area contributed by atoms with Crippen LogP contribution in [0.4, 0.5) is 0 Å². The lowest BCUT2D eigenvalue weighted by atomic mass is 10.0. The quantitative estimate of drug-likeness (QED) is 0.524. The normalized spacial score (nSPS) is 12.2. The van der Waals surface area contributed by atoms with Crippen LogP contribution in [0, 0.1) is 11.3 Å². The Morgan fingerprint density at radius 1 is 1.05 bits per heavy atom. The van der Waals surface area contributed by atoms with Crippen molar-refractivity contribution in [2.24, 2.45) is 0 Å². The lowest BCUT2D eigenvalue weighted by molar-refractivity contribution is 0.541. The Hall–Kier alpha value is -1.30. The maximum absolute atomic E-state index is 9.13. The van der Waals surface area contributed by atoms with Gasteiger partial charge in [0.25, 0.3) is 0 Å². The molecule has 1 aromatic heterocycles. The Morgan fingerprint density at radius 2 is 1.65 bits per heavy atom. The molecule has 0 aliphatic heterocycles. The highest BCUT2D eigenvalue weighted by molar-refractivity contribution is 5.07. The van der Waals surface area contributed by atoms with E-state index in [1.807, 2.05) is 0 Å². The van der Waals surface area contributed by atoms with Crippen LogP contribution in [-0.4, -0.2) is 9.97 Å². The van der Waals surface area contributed by atoms with E-state index in [1.165, 1.54) is 57.8 Å². The number of imidazole rings is 1. The Labute approximate surface area is 123 Å². The Morgan fingerprint density at radius 3 is 2.15 bits per heavy atom. The molecule has 0 saturated carbocycles. The van der Waals surface area contributed by atoms with E-state index in [4.69, 9.17) is 5.26 Å². The molecule has 0 aliphatic carbocycles. The van der Waals surface area contributed by atoms with Crippen molar-refractivity contribution in [1.82, 2.24) is 9.97 Å². The molecule has 1 atom stereocenters. The number of nitrogens with zero attached hydrogens (tertiary/aromatic N) is 2. The van der Waals surface area contributed by atoms with Crippen molar-refractivity contribution in [3.63, 3.8) is 0 Å². The zero-order chi connectivity index (χ0) is 14.5. The maximum atomic E-state index is 9.13. The van der Waals surface area contributed by atoms with E-state index >= 15 is 0 Å². The first-order chi connectivity index (χ1) is 9.88. The van der Waals surface area contributed by atoms with Gasteiger partial charge in [-0.2, -0.15) is 5.26 Å². The first kappa shape index (κ1) is 16.8. The van der Waals surface area contributed by atoms with Gasteiger partial charge in [-0.1, -0.05) is 71.1 Å². The summed E-state index contributed by atoms with van der Waals surface area (Å²) in [6.45, 7) is 2.26. The fourth-order valence-corrected chi connectivity index (χ4v) is 2.57. The summed E-state index contributed by atoms with van der Waals surface area (Å²) >= 11 is 0. The highest BCUT2D eigenvalue weighted by Gasteiger charge is 2.11. The standard InChI is InChI=1S/C17H29N3/c1-2-3-4-5-6-7-8-9-10-11-12-16(15-18)17-19-13-14-20-17/h13-14,16H,2-12H2,1H3,(H,19,20). The van der Waals surface area contributed by atoms with Crippen LogP contribution in [0.5, 0.6) is 0 Å². The first-order valence-corrected chi connectivity index (χ1v) is 8.27. The minimum Gasteiger partial charge on any atom is -0.347 e. The molecule has 1 rings (SSSR count). The van der Waals surface area contributed by atoms with Gasteiger partial charge in [-0.3, -0.25) is 0 Å². The molecule has 0 saturated heterocycles. The number of aromatic amines is 1. The average Bonchev–Trinajstić information content (AvgIpc) is 2.99. The number of rotatable bonds is 12. The predicted molar refractivity (Wildman–Crippen MR) is 83.4 cm³/mol. The summed E-state index contributed by atoms with van der Waals surface area (Å²) in [6, 6.07) is 2.34. The molecule has 0 fully saturated rings. The van der Waals surface area contributed by atoms with Gasteiger partial charge in [-0.05, 0) is 6.42 Å². The summed E-state index contributed by atoms with van der Waals surface area (Å²) in [5.74, 6) is 0.766. The van der Waals surface area contributed by atoms with Crippen LogP contribution in [0.1, 0.15) is 89.3 Å². The molecular formula is C17H29N3. The second-order valence-corrected chi connectivity index (χ2v) is 5.63. The molecule has 0 bridgehead atoms. The SMILES string of the molecule is CCCCCCCCCCCCC(C#N)c1ncc[nH]1. The number of hydrogen-bond donors (Lipinski definition) is 1. The Kier molecular flexibility index (Phi) is 9.65. The van der Waals surface area contributed by atoms with Gasteiger partial charge in [0.1, 0.15) is 11.7 Å². The molecule has 1 N–H and O–H groups in total. The van der Waals surface area contributed by atoms with Gasteiger partial charge in [0.2, 0.25) is 0 Å². The molecule has 0 amide bonds. The smallest absolute Gasteiger partial charge is 0.123 e. The van der Waals surface area contributed by atoms with Gasteiger partial charge in [-0.15, -0.1) is 0 Å². The van der Waals surface area contributed by atoms with E-state index in [1.54, 1.807) is 12.4 Å². The summed E-state index contributed by atoms with van der Waals surface area (Å²) in [7, 11) is 0. The maximum Gasteiger partial charge on any atom is 0.123 e. The van der Waals surface area contributed by atoms with E-state index in [0.717, 1.165) is 18.7 Å². The summed E-state index contributed by atoms with van der Waals surface area (Å²) < 4.78 is 0. The fraction of sp³-hybridized carbons (Fsp3) is 0.765. The van der Waals surface area contributed by atoms with Crippen LogP contribution in [-0.2, 0) is 0 Å². The number of H-pyrrole nitrogens is 1. The van der Waals surface area contributed by atoms with Crippen LogP contribution in [0.2, 0.25) is 0 Å². The topological polar surface area (TPSA) is 52.5 Å². The molecule has 3 heteroatoms. The molecule has 3 nitrogen and oxygen atoms in total. The Bertz CT molecular complexity index is 351. The monoisotopic (exact) mass is 275 g/mol. The Balaban J connectivity index is 1.93. The lowest BCUT2D eigenvalue weighted by Crippen LogP contribution is -1.98. The molecule has 0 spiro atoms. The molecule has 1 heterocycles. The molecule has 20 heavy (non-hydrogen) atoms. The molecule has 1 unspecified atom stereocenters. The van der Waals surface area contributed by atoms with E-state index in [2.05, 4.69) is 23.0 Å². The second kappa shape index (κ2) is 11.5. The van der Waals surface area contributed by atoms with Gasteiger partial charge in [0, 0.05) is 12.4 Å². The summed E-state index contributed by atoms with van der Waals surface area (Å²) in [5.41, 5.74) is 0. The number of nitrogens with one attached hydrogen (secondary N) is 1. The highest BCUT2D eigenvalue weighted by atomic mass is 14.9. The van der Waals surface area contributed by atoms with Crippen molar-refractivity contribution in [1.29, 1.82) is 5.26 Å². The van der Waals surface area contributed by atoms with Gasteiger partial charge in [-0.25, -0.2) is 4.98 Å². The van der Waals surface area contributed by atoms with Gasteiger partial charge in [0.15, 0.2) is 0 Å². The van der Waals surface area contributed by atoms with Crippen LogP contribution in [0.25, 0.3) is 0 Å². The largest absolute Gasteiger partial charge is 0.347 e. The van der Waals surface area contributed by atoms with Gasteiger partial charge >= 0.3 is 0 Å². The molecular weight excluding hydrogens is 246 g/mol. The fourth-order valence-electron chi connectivity index (χ4n) is 2.57. The third kappa shape index (κ3) is 7.33. The number of hydrogen-bond acceptors (Lipinski definition) is 2. The van der Waals surface area contributed by atoms with Crippen molar-refractivity contribution in [3.05, 3.63) is 18.2 Å². The zero-order valence-corrected chi connectivity index (χ0v) is 12.9. The first-order valence-electron chi connectivity index (χ1n) is 8.27. The van der Waals surface area contributed by atoms with Crippen molar-refractivity contribution in [2.75, 3.05) is 0 Å². The highest BCUT2D eigenvalue weighted by Crippen LogP contribution is 2.19. The molecule has 1 aromatic rings. The number of unbranched alkanes of at least 4 members (excludes halogenated alkanes) is 9. The molecule has 0 aliphatic rings. The van der Waals surface area contributed by atoms with Gasteiger partial charge in [0.05, 0.1) is 6.07 Å². The minimum atomic E-state index is -0.0564. The van der Waals surface area contributed by atoms with Crippen LogP contribution in [0.15, 0.2) is 12.4 Å². The van der Waals surface area contributed by atoms with E-state index < -0.39 is 0 Å². The van der Waals surface area contributed by atoms with Crippen molar-refractivity contribution < 1.29 is 0 Å². The third-order valence-corrected chi connectivity index (χ3v) is 3.85. The molecule has 0 aromatic carbocycles. The summed E-state index contributed by atoms with van der Waals surface area (Å²) in [4.78, 5) is 7.21. The van der Waals surface area contributed by atoms with Crippen molar-refractivity contribution >= 4 is 0 Å². The lowest BCUT2D eigenvalue weighted by Gasteiger charge is -2.06. The minimum absolute atomic E-state index is 0.0564. The van der Waals surface area contributed by atoms with Crippen LogP contribution in [0.3, 0.4) is 0 Å². The molecule has 0 radical (unpaired) electrons. The van der Waals surface area contributed by atoms with Crippen molar-refractivity contribution in [3.8, 4) is 6.07 Å². The predicted octanol–water partition coefficient (Wildman–Crippen LogP) is 5.33. The van der Waals surface area contributed by atoms with E-state index in [-0.39, 0.29) is 5.92 Å². The van der Waals surface area contributed by atoms with E-state index in [0.29, 0.717) is 0 Å².